The first-order chi connectivity index (χ1) is 8.45. The molecule has 1 aromatic heterocycles. The van der Waals surface area contributed by atoms with Gasteiger partial charge in [0, 0.05) is 0 Å². The van der Waals surface area contributed by atoms with Crippen LogP contribution in [0.3, 0.4) is 0 Å². The zero-order valence-corrected chi connectivity index (χ0v) is 11.4. The molecule has 0 aliphatic carbocycles. The summed E-state index contributed by atoms with van der Waals surface area (Å²) in [5.74, 6) is -0.773. The van der Waals surface area contributed by atoms with Gasteiger partial charge in [-0.1, -0.05) is 13.8 Å². The van der Waals surface area contributed by atoms with Gasteiger partial charge in [0.15, 0.2) is 0 Å². The summed E-state index contributed by atoms with van der Waals surface area (Å²) < 4.78 is 5.03. The number of rotatable bonds is 6. The topological polar surface area (TPSA) is 75.6 Å². The lowest BCUT2D eigenvalue weighted by molar-refractivity contribution is -0.139. The number of methoxy groups -OCH3 is 1. The van der Waals surface area contributed by atoms with Crippen molar-refractivity contribution in [2.75, 3.05) is 7.11 Å². The third-order valence-corrected chi connectivity index (χ3v) is 3.26. The molecule has 18 heavy (non-hydrogen) atoms. The number of hydrogen-bond donors (Lipinski definition) is 2. The predicted octanol–water partition coefficient (Wildman–Crippen LogP) is 1.99. The van der Waals surface area contributed by atoms with Crippen LogP contribution in [0.1, 0.15) is 29.9 Å². The minimum atomic E-state index is -1.02. The molecule has 0 fully saturated rings. The Morgan fingerprint density at radius 3 is 2.67 bits per heavy atom. The standard InChI is InChI=1S/C12H17NO4S/c1-7(2)6-8(12(15)16)13-11(14)10-9(17-3)4-5-18-10/h4-5,7-8H,6H2,1-3H3,(H,13,14)(H,15,16). The van der Waals surface area contributed by atoms with Gasteiger partial charge in [-0.05, 0) is 23.8 Å². The van der Waals surface area contributed by atoms with Crippen molar-refractivity contribution < 1.29 is 19.4 Å². The van der Waals surface area contributed by atoms with Gasteiger partial charge in [0.25, 0.3) is 5.91 Å². The lowest BCUT2D eigenvalue weighted by atomic mass is 10.0. The van der Waals surface area contributed by atoms with Crippen LogP contribution in [0.25, 0.3) is 0 Å². The average molecular weight is 271 g/mol. The van der Waals surface area contributed by atoms with E-state index in [4.69, 9.17) is 9.84 Å². The van der Waals surface area contributed by atoms with Crippen molar-refractivity contribution in [1.82, 2.24) is 5.32 Å². The molecule has 0 aliphatic heterocycles. The second-order valence-corrected chi connectivity index (χ2v) is 5.23. The van der Waals surface area contributed by atoms with Crippen LogP contribution in [0.5, 0.6) is 5.75 Å². The lowest BCUT2D eigenvalue weighted by Crippen LogP contribution is -2.41. The minimum absolute atomic E-state index is 0.191. The molecule has 1 atom stereocenters. The third kappa shape index (κ3) is 3.73. The van der Waals surface area contributed by atoms with Gasteiger partial charge in [-0.2, -0.15) is 0 Å². The molecule has 100 valence electrons. The fourth-order valence-electron chi connectivity index (χ4n) is 1.54. The highest BCUT2D eigenvalue weighted by Crippen LogP contribution is 2.24. The van der Waals surface area contributed by atoms with Crippen molar-refractivity contribution in [3.8, 4) is 5.75 Å². The number of hydrogen-bond acceptors (Lipinski definition) is 4. The van der Waals surface area contributed by atoms with E-state index in [-0.39, 0.29) is 5.92 Å². The second kappa shape index (κ2) is 6.39. The van der Waals surface area contributed by atoms with Crippen LogP contribution < -0.4 is 10.1 Å². The molecular formula is C12H17NO4S. The minimum Gasteiger partial charge on any atom is -0.495 e. The van der Waals surface area contributed by atoms with Crippen LogP contribution in [-0.4, -0.2) is 30.1 Å². The fourth-order valence-corrected chi connectivity index (χ4v) is 2.30. The molecule has 5 nitrogen and oxygen atoms in total. The highest BCUT2D eigenvalue weighted by Gasteiger charge is 2.23. The first-order valence-electron chi connectivity index (χ1n) is 5.60. The number of ether oxygens (including phenoxy) is 1. The predicted molar refractivity (Wildman–Crippen MR) is 69.2 cm³/mol. The van der Waals surface area contributed by atoms with E-state index in [0.717, 1.165) is 0 Å². The van der Waals surface area contributed by atoms with Crippen molar-refractivity contribution in [1.29, 1.82) is 0 Å². The van der Waals surface area contributed by atoms with E-state index in [1.807, 2.05) is 13.8 Å². The van der Waals surface area contributed by atoms with Crippen molar-refractivity contribution in [3.05, 3.63) is 16.3 Å². The number of carbonyl (C=O) groups excluding carboxylic acids is 1. The maximum absolute atomic E-state index is 11.9. The molecule has 2 N–H and O–H groups in total. The van der Waals surface area contributed by atoms with Gasteiger partial charge in [-0.25, -0.2) is 4.79 Å². The SMILES string of the molecule is COc1ccsc1C(=O)NC(CC(C)C)C(=O)O. The number of carbonyl (C=O) groups is 2. The van der Waals surface area contributed by atoms with Crippen LogP contribution in [0.4, 0.5) is 0 Å². The van der Waals surface area contributed by atoms with Gasteiger partial charge in [-0.3, -0.25) is 4.79 Å². The normalized spacial score (nSPS) is 12.2. The second-order valence-electron chi connectivity index (χ2n) is 4.31. The summed E-state index contributed by atoms with van der Waals surface area (Å²) in [6, 6.07) is 0.807. The molecule has 1 rings (SSSR count). The highest BCUT2D eigenvalue weighted by atomic mass is 32.1. The van der Waals surface area contributed by atoms with E-state index in [2.05, 4.69) is 5.32 Å². The quantitative estimate of drug-likeness (QED) is 0.829. The largest absolute Gasteiger partial charge is 0.495 e. The Kier molecular flexibility index (Phi) is 5.15. The number of nitrogens with one attached hydrogen (secondary N) is 1. The van der Waals surface area contributed by atoms with Gasteiger partial charge in [-0.15, -0.1) is 11.3 Å². The van der Waals surface area contributed by atoms with Crippen molar-refractivity contribution in [2.24, 2.45) is 5.92 Å². The molecular weight excluding hydrogens is 254 g/mol. The molecule has 0 bridgehead atoms. The van der Waals surface area contributed by atoms with Gasteiger partial charge in [0.05, 0.1) is 7.11 Å². The zero-order chi connectivity index (χ0) is 13.7. The Balaban J connectivity index is 2.75. The van der Waals surface area contributed by atoms with Gasteiger partial charge in [0.1, 0.15) is 16.7 Å². The summed E-state index contributed by atoms with van der Waals surface area (Å²) in [7, 11) is 1.47. The third-order valence-electron chi connectivity index (χ3n) is 2.37. The molecule has 6 heteroatoms. The van der Waals surface area contributed by atoms with Crippen molar-refractivity contribution >= 4 is 23.2 Å². The van der Waals surface area contributed by atoms with Crippen LogP contribution >= 0.6 is 11.3 Å². The monoisotopic (exact) mass is 271 g/mol. The maximum atomic E-state index is 11.9. The maximum Gasteiger partial charge on any atom is 0.326 e. The van der Waals surface area contributed by atoms with Crippen LogP contribution in [-0.2, 0) is 4.79 Å². The molecule has 0 saturated heterocycles. The fraction of sp³-hybridized carbons (Fsp3) is 0.500. The summed E-state index contributed by atoms with van der Waals surface area (Å²) >= 11 is 1.22. The molecule has 1 unspecified atom stereocenters. The molecule has 0 spiro atoms. The Morgan fingerprint density at radius 2 is 2.17 bits per heavy atom. The molecule has 1 heterocycles. The Bertz CT molecular complexity index is 427. The molecule has 1 aromatic rings. The van der Waals surface area contributed by atoms with Crippen molar-refractivity contribution in [3.63, 3.8) is 0 Å². The molecule has 0 aromatic carbocycles. The van der Waals surface area contributed by atoms with Crippen LogP contribution in [0.15, 0.2) is 11.4 Å². The Labute approximate surface area is 110 Å². The Hall–Kier alpha value is -1.56. The van der Waals surface area contributed by atoms with Gasteiger partial charge < -0.3 is 15.2 Å². The van der Waals surface area contributed by atoms with Gasteiger partial charge >= 0.3 is 5.97 Å². The van der Waals surface area contributed by atoms with Gasteiger partial charge in [0.2, 0.25) is 0 Å². The summed E-state index contributed by atoms with van der Waals surface area (Å²) in [5, 5.41) is 13.3. The molecule has 0 radical (unpaired) electrons. The molecule has 0 aliphatic rings. The smallest absolute Gasteiger partial charge is 0.326 e. The van der Waals surface area contributed by atoms with Crippen LogP contribution in [0.2, 0.25) is 0 Å². The summed E-state index contributed by atoms with van der Waals surface area (Å²) in [6.45, 7) is 3.82. The van der Waals surface area contributed by atoms with E-state index in [9.17, 15) is 9.59 Å². The number of carboxylic acid groups (broad SMARTS) is 1. The van der Waals surface area contributed by atoms with E-state index < -0.39 is 17.9 Å². The summed E-state index contributed by atoms with van der Waals surface area (Å²) in [6.07, 6.45) is 0.398. The van der Waals surface area contributed by atoms with Crippen molar-refractivity contribution in [2.45, 2.75) is 26.3 Å². The van der Waals surface area contributed by atoms with E-state index in [1.165, 1.54) is 18.4 Å². The highest BCUT2D eigenvalue weighted by molar-refractivity contribution is 7.12. The van der Waals surface area contributed by atoms with E-state index in [1.54, 1.807) is 11.4 Å². The van der Waals surface area contributed by atoms with E-state index in [0.29, 0.717) is 17.0 Å². The molecule has 0 saturated carbocycles. The summed E-state index contributed by atoms with van der Waals surface area (Å²) in [4.78, 5) is 23.4. The number of amides is 1. The zero-order valence-electron chi connectivity index (χ0n) is 10.6. The first kappa shape index (κ1) is 14.5. The number of carboxylic acids is 1. The molecule has 1 amide bonds. The average Bonchev–Trinajstić information content (AvgIpc) is 2.75. The number of aliphatic carboxylic acids is 1. The number of thiophene rings is 1. The lowest BCUT2D eigenvalue weighted by Gasteiger charge is -2.16. The van der Waals surface area contributed by atoms with E-state index >= 15 is 0 Å². The first-order valence-corrected chi connectivity index (χ1v) is 6.48. The Morgan fingerprint density at radius 1 is 1.50 bits per heavy atom. The van der Waals surface area contributed by atoms with Crippen LogP contribution in [0, 0.1) is 5.92 Å². The summed E-state index contributed by atoms with van der Waals surface area (Å²) in [5.41, 5.74) is 0.